The molecule has 0 saturated carbocycles. The molecule has 114 valence electrons. The van der Waals surface area contributed by atoms with Gasteiger partial charge in [-0.3, -0.25) is 14.9 Å². The zero-order valence-corrected chi connectivity index (χ0v) is 12.4. The number of rotatable bonds is 3. The number of nitro benzene ring substituents is 1. The highest BCUT2D eigenvalue weighted by Crippen LogP contribution is 2.28. The van der Waals surface area contributed by atoms with Crippen molar-refractivity contribution in [2.45, 2.75) is 13.0 Å². The van der Waals surface area contributed by atoms with Crippen LogP contribution in [-0.2, 0) is 0 Å². The van der Waals surface area contributed by atoms with Crippen LogP contribution in [0.2, 0.25) is 0 Å². The van der Waals surface area contributed by atoms with Gasteiger partial charge >= 0.3 is 5.69 Å². The molecule has 1 aliphatic heterocycles. The first-order valence-corrected chi connectivity index (χ1v) is 6.76. The first-order valence-electron chi connectivity index (χ1n) is 6.76. The molecule has 1 amide bonds. The van der Waals surface area contributed by atoms with Crippen molar-refractivity contribution in [2.75, 3.05) is 33.8 Å². The molecule has 1 aromatic rings. The average molecular weight is 293 g/mol. The van der Waals surface area contributed by atoms with Crippen LogP contribution in [0.4, 0.5) is 5.69 Å². The van der Waals surface area contributed by atoms with Gasteiger partial charge in [0.1, 0.15) is 0 Å². The van der Waals surface area contributed by atoms with E-state index in [1.807, 2.05) is 7.05 Å². The Morgan fingerprint density at radius 2 is 2.14 bits per heavy atom. The fraction of sp³-hybridized carbons (Fsp3) is 0.500. The van der Waals surface area contributed by atoms with E-state index in [0.29, 0.717) is 24.7 Å². The van der Waals surface area contributed by atoms with Gasteiger partial charge < -0.3 is 14.5 Å². The Kier molecular flexibility index (Phi) is 4.42. The van der Waals surface area contributed by atoms with Crippen LogP contribution in [0.3, 0.4) is 0 Å². The fourth-order valence-corrected chi connectivity index (χ4v) is 2.38. The molecule has 0 N–H and O–H groups in total. The smallest absolute Gasteiger partial charge is 0.310 e. The number of carbonyl (C=O) groups excluding carboxylic acids is 1. The molecule has 7 nitrogen and oxygen atoms in total. The second-order valence-corrected chi connectivity index (χ2v) is 5.22. The van der Waals surface area contributed by atoms with Crippen molar-refractivity contribution >= 4 is 11.6 Å². The molecular formula is C14H19N3O4. The van der Waals surface area contributed by atoms with Crippen molar-refractivity contribution in [3.63, 3.8) is 0 Å². The maximum absolute atomic E-state index is 12.5. The Morgan fingerprint density at radius 1 is 1.43 bits per heavy atom. The number of carbonyl (C=O) groups is 1. The van der Waals surface area contributed by atoms with Crippen molar-refractivity contribution in [1.29, 1.82) is 0 Å². The summed E-state index contributed by atoms with van der Waals surface area (Å²) in [6.07, 6.45) is 0. The van der Waals surface area contributed by atoms with Crippen LogP contribution in [0, 0.1) is 10.1 Å². The lowest BCUT2D eigenvalue weighted by molar-refractivity contribution is -0.385. The summed E-state index contributed by atoms with van der Waals surface area (Å²) in [5, 5.41) is 10.9. The quantitative estimate of drug-likeness (QED) is 0.621. The van der Waals surface area contributed by atoms with Crippen LogP contribution in [0.15, 0.2) is 18.2 Å². The standard InChI is InChI=1S/C14H19N3O4/c1-10-9-16(7-6-15(10)2)14(18)11-4-5-12(17(19)20)13(8-11)21-3/h4-5,8,10H,6-7,9H2,1-3H3/t10-/m1/s1. The van der Waals surface area contributed by atoms with Gasteiger partial charge in [0.15, 0.2) is 5.75 Å². The molecule has 0 radical (unpaired) electrons. The summed E-state index contributed by atoms with van der Waals surface area (Å²) in [6.45, 7) is 4.18. The van der Waals surface area contributed by atoms with Gasteiger partial charge in [-0.1, -0.05) is 0 Å². The number of hydrogen-bond acceptors (Lipinski definition) is 5. The maximum Gasteiger partial charge on any atom is 0.310 e. The van der Waals surface area contributed by atoms with Crippen LogP contribution in [0.25, 0.3) is 0 Å². The number of nitro groups is 1. The molecule has 1 fully saturated rings. The Labute approximate surface area is 123 Å². The molecule has 0 aromatic heterocycles. The summed E-state index contributed by atoms with van der Waals surface area (Å²) in [5.41, 5.74) is 0.273. The summed E-state index contributed by atoms with van der Waals surface area (Å²) < 4.78 is 5.00. The summed E-state index contributed by atoms with van der Waals surface area (Å²) in [6, 6.07) is 4.52. The molecule has 1 atom stereocenters. The Bertz CT molecular complexity index is 561. The first kappa shape index (κ1) is 15.2. The Morgan fingerprint density at radius 3 is 2.71 bits per heavy atom. The third-order valence-corrected chi connectivity index (χ3v) is 3.87. The SMILES string of the molecule is COc1cc(C(=O)N2CCN(C)[C@H](C)C2)ccc1[N+](=O)[O-]. The molecule has 0 bridgehead atoms. The Hall–Kier alpha value is -2.15. The van der Waals surface area contributed by atoms with Gasteiger partial charge in [0.25, 0.3) is 5.91 Å². The second-order valence-electron chi connectivity index (χ2n) is 5.22. The van der Waals surface area contributed by atoms with Crippen LogP contribution < -0.4 is 4.74 Å². The van der Waals surface area contributed by atoms with Gasteiger partial charge in [0, 0.05) is 43.4 Å². The molecule has 1 aromatic carbocycles. The van der Waals surface area contributed by atoms with Crippen molar-refractivity contribution in [1.82, 2.24) is 9.80 Å². The molecule has 1 saturated heterocycles. The van der Waals surface area contributed by atoms with Crippen molar-refractivity contribution in [2.24, 2.45) is 0 Å². The fourth-order valence-electron chi connectivity index (χ4n) is 2.38. The molecule has 0 aliphatic carbocycles. The minimum absolute atomic E-state index is 0.105. The monoisotopic (exact) mass is 293 g/mol. The van der Waals surface area contributed by atoms with E-state index < -0.39 is 4.92 Å². The van der Waals surface area contributed by atoms with E-state index in [9.17, 15) is 14.9 Å². The zero-order chi connectivity index (χ0) is 15.6. The van der Waals surface area contributed by atoms with Gasteiger partial charge in [-0.15, -0.1) is 0 Å². The number of methoxy groups -OCH3 is 1. The van der Waals surface area contributed by atoms with Gasteiger partial charge in [0.2, 0.25) is 0 Å². The minimum Gasteiger partial charge on any atom is -0.490 e. The lowest BCUT2D eigenvalue weighted by Gasteiger charge is -2.37. The van der Waals surface area contributed by atoms with Gasteiger partial charge in [-0.2, -0.15) is 0 Å². The van der Waals surface area contributed by atoms with Crippen molar-refractivity contribution in [3.8, 4) is 5.75 Å². The number of ether oxygens (including phenoxy) is 1. The zero-order valence-electron chi connectivity index (χ0n) is 12.4. The van der Waals surface area contributed by atoms with E-state index in [4.69, 9.17) is 4.74 Å². The molecule has 0 spiro atoms. The summed E-state index contributed by atoms with van der Waals surface area (Å²) in [7, 11) is 3.38. The summed E-state index contributed by atoms with van der Waals surface area (Å²) in [5.74, 6) is -0.0174. The highest BCUT2D eigenvalue weighted by molar-refractivity contribution is 5.95. The van der Waals surface area contributed by atoms with E-state index in [0.717, 1.165) is 6.54 Å². The maximum atomic E-state index is 12.5. The van der Waals surface area contributed by atoms with Crippen LogP contribution in [0.1, 0.15) is 17.3 Å². The molecule has 21 heavy (non-hydrogen) atoms. The van der Waals surface area contributed by atoms with E-state index in [-0.39, 0.29) is 17.3 Å². The topological polar surface area (TPSA) is 75.9 Å². The largest absolute Gasteiger partial charge is 0.490 e. The molecule has 0 unspecified atom stereocenters. The summed E-state index contributed by atoms with van der Waals surface area (Å²) >= 11 is 0. The molecule has 1 heterocycles. The van der Waals surface area contributed by atoms with Gasteiger partial charge in [-0.25, -0.2) is 0 Å². The van der Waals surface area contributed by atoms with Gasteiger partial charge in [-0.05, 0) is 20.0 Å². The third kappa shape index (κ3) is 3.13. The van der Waals surface area contributed by atoms with Crippen LogP contribution in [-0.4, -0.2) is 60.5 Å². The van der Waals surface area contributed by atoms with Crippen molar-refractivity contribution < 1.29 is 14.5 Å². The van der Waals surface area contributed by atoms with E-state index >= 15 is 0 Å². The number of amides is 1. The summed E-state index contributed by atoms with van der Waals surface area (Å²) in [4.78, 5) is 26.8. The lowest BCUT2D eigenvalue weighted by Crippen LogP contribution is -2.52. The molecular weight excluding hydrogens is 274 g/mol. The number of nitrogens with zero attached hydrogens (tertiary/aromatic N) is 3. The van der Waals surface area contributed by atoms with E-state index in [2.05, 4.69) is 11.8 Å². The minimum atomic E-state index is -0.523. The molecule has 7 heteroatoms. The van der Waals surface area contributed by atoms with E-state index in [1.165, 1.54) is 25.3 Å². The number of hydrogen-bond donors (Lipinski definition) is 0. The van der Waals surface area contributed by atoms with Crippen LogP contribution in [0.5, 0.6) is 5.75 Å². The Balaban J connectivity index is 2.22. The van der Waals surface area contributed by atoms with Crippen molar-refractivity contribution in [3.05, 3.63) is 33.9 Å². The number of benzene rings is 1. The average Bonchev–Trinajstić information content (AvgIpc) is 2.48. The molecule has 2 rings (SSSR count). The lowest BCUT2D eigenvalue weighted by atomic mass is 10.1. The number of likely N-dealkylation sites (N-methyl/N-ethyl adjacent to an activating group) is 1. The van der Waals surface area contributed by atoms with Crippen LogP contribution >= 0.6 is 0 Å². The number of piperazine rings is 1. The third-order valence-electron chi connectivity index (χ3n) is 3.87. The van der Waals surface area contributed by atoms with Gasteiger partial charge in [0.05, 0.1) is 12.0 Å². The highest BCUT2D eigenvalue weighted by atomic mass is 16.6. The first-order chi connectivity index (χ1) is 9.93. The molecule has 1 aliphatic rings. The predicted octanol–water partition coefficient (Wildman–Crippen LogP) is 1.38. The highest BCUT2D eigenvalue weighted by Gasteiger charge is 2.26. The second kappa shape index (κ2) is 6.09. The predicted molar refractivity (Wildman–Crippen MR) is 77.6 cm³/mol. The van der Waals surface area contributed by atoms with E-state index in [1.54, 1.807) is 4.90 Å². The normalized spacial score (nSPS) is 19.4.